The maximum atomic E-state index is 12.6. The molecule has 0 bridgehead atoms. The van der Waals surface area contributed by atoms with Crippen LogP contribution in [0.4, 0.5) is 0 Å². The molecule has 1 amide bonds. The molecule has 0 saturated heterocycles. The summed E-state index contributed by atoms with van der Waals surface area (Å²) in [6.07, 6.45) is 5.83. The monoisotopic (exact) mass is 419 g/mol. The summed E-state index contributed by atoms with van der Waals surface area (Å²) in [5, 5.41) is 8.82. The third-order valence-electron chi connectivity index (χ3n) is 5.21. The maximum absolute atomic E-state index is 12.6. The molecule has 0 unspecified atom stereocenters. The number of nitrogens with one attached hydrogen (secondary N) is 2. The fourth-order valence-corrected chi connectivity index (χ4v) is 4.50. The average molecular weight is 420 g/mol. The molecule has 1 heterocycles. The highest BCUT2D eigenvalue weighted by Gasteiger charge is 2.16. The number of amides is 1. The number of allylic oxidation sites excluding steroid dienone is 1. The Balaban J connectivity index is 1.37. The summed E-state index contributed by atoms with van der Waals surface area (Å²) in [6.45, 7) is 4.25. The Kier molecular flexibility index (Phi) is 5.90. The minimum Gasteiger partial charge on any atom is -0.312 e. The van der Waals surface area contributed by atoms with Gasteiger partial charge in [0.05, 0.1) is 5.70 Å². The van der Waals surface area contributed by atoms with Crippen molar-refractivity contribution < 1.29 is 4.79 Å². The summed E-state index contributed by atoms with van der Waals surface area (Å²) in [7, 11) is 1.92. The third-order valence-corrected chi connectivity index (χ3v) is 6.32. The van der Waals surface area contributed by atoms with E-state index in [4.69, 9.17) is 0 Å². The summed E-state index contributed by atoms with van der Waals surface area (Å²) in [5.41, 5.74) is 13.7. The number of carbonyl (C=O) groups is 1. The maximum Gasteiger partial charge on any atom is 0.269 e. The van der Waals surface area contributed by atoms with Gasteiger partial charge in [0, 0.05) is 23.9 Å². The Hall–Kier alpha value is -3.06. The summed E-state index contributed by atoms with van der Waals surface area (Å²) in [6, 6.07) is 12.0. The molecule has 0 atom stereocenters. The molecule has 4 rings (SSSR count). The summed E-state index contributed by atoms with van der Waals surface area (Å²) >= 11 is 1.61. The fraction of sp³-hybridized carbons (Fsp3) is 0.261. The van der Waals surface area contributed by atoms with Crippen LogP contribution in [-0.4, -0.2) is 20.7 Å². The first-order valence-electron chi connectivity index (χ1n) is 9.94. The molecule has 1 aliphatic carbocycles. The molecule has 6 nitrogen and oxygen atoms in total. The van der Waals surface area contributed by atoms with E-state index in [0.29, 0.717) is 5.56 Å². The van der Waals surface area contributed by atoms with Gasteiger partial charge < -0.3 is 4.57 Å². The third kappa shape index (κ3) is 4.41. The number of aromatic nitrogens is 3. The molecular formula is C23H25N5OS. The number of fused-ring (bicyclic) bond motifs is 1. The van der Waals surface area contributed by atoms with E-state index in [-0.39, 0.29) is 5.91 Å². The number of benzene rings is 2. The molecule has 7 heteroatoms. The van der Waals surface area contributed by atoms with Crippen LogP contribution in [-0.2, 0) is 19.2 Å². The molecule has 2 N–H and O–H groups in total. The van der Waals surface area contributed by atoms with E-state index < -0.39 is 0 Å². The number of hydrazine groups is 1. The number of hydrogen-bond acceptors (Lipinski definition) is 5. The predicted molar refractivity (Wildman–Crippen MR) is 120 cm³/mol. The van der Waals surface area contributed by atoms with Crippen molar-refractivity contribution in [1.82, 2.24) is 25.6 Å². The molecular weight excluding hydrogens is 394 g/mol. The zero-order valence-electron chi connectivity index (χ0n) is 17.4. The van der Waals surface area contributed by atoms with Gasteiger partial charge in [0.1, 0.15) is 6.33 Å². The standard InChI is InChI=1S/C23H25N5OS/c1-15-11-16(2)19-5-4-6-21(20(19)12-15)25-26-22(29)18-9-7-17(8-10-18)13-30-23-27-24-14-28(23)3/h6-12,14,25H,4-5,13H2,1-3H3,(H,26,29). The lowest BCUT2D eigenvalue weighted by atomic mass is 9.89. The van der Waals surface area contributed by atoms with Crippen LogP contribution in [0.3, 0.4) is 0 Å². The Bertz CT molecular complexity index is 1100. The van der Waals surface area contributed by atoms with E-state index in [1.165, 1.54) is 22.3 Å². The second kappa shape index (κ2) is 8.75. The van der Waals surface area contributed by atoms with E-state index in [9.17, 15) is 4.79 Å². The van der Waals surface area contributed by atoms with Gasteiger partial charge in [0.15, 0.2) is 5.16 Å². The molecule has 30 heavy (non-hydrogen) atoms. The Morgan fingerprint density at radius 2 is 2.00 bits per heavy atom. The number of rotatable bonds is 6. The molecule has 0 radical (unpaired) electrons. The summed E-state index contributed by atoms with van der Waals surface area (Å²) in [4.78, 5) is 12.6. The number of carbonyl (C=O) groups excluding carboxylic acids is 1. The van der Waals surface area contributed by atoms with Crippen molar-refractivity contribution in [3.63, 3.8) is 0 Å². The van der Waals surface area contributed by atoms with Crippen molar-refractivity contribution in [3.05, 3.63) is 82.2 Å². The van der Waals surface area contributed by atoms with Crippen LogP contribution in [0.1, 0.15) is 44.6 Å². The van der Waals surface area contributed by atoms with Crippen LogP contribution in [0.25, 0.3) is 5.70 Å². The van der Waals surface area contributed by atoms with Gasteiger partial charge in [0.2, 0.25) is 0 Å². The van der Waals surface area contributed by atoms with E-state index in [2.05, 4.69) is 53.1 Å². The van der Waals surface area contributed by atoms with Crippen LogP contribution >= 0.6 is 11.8 Å². The highest BCUT2D eigenvalue weighted by atomic mass is 32.2. The first kappa shape index (κ1) is 20.2. The second-order valence-electron chi connectivity index (χ2n) is 7.55. The van der Waals surface area contributed by atoms with Crippen molar-refractivity contribution in [2.24, 2.45) is 7.05 Å². The minimum absolute atomic E-state index is 0.153. The van der Waals surface area contributed by atoms with Crippen molar-refractivity contribution in [1.29, 1.82) is 0 Å². The van der Waals surface area contributed by atoms with Gasteiger partial charge in [0.25, 0.3) is 5.91 Å². The van der Waals surface area contributed by atoms with Crippen molar-refractivity contribution in [2.45, 2.75) is 37.6 Å². The van der Waals surface area contributed by atoms with Crippen LogP contribution in [0, 0.1) is 13.8 Å². The average Bonchev–Trinajstić information content (AvgIpc) is 3.15. The lowest BCUT2D eigenvalue weighted by Gasteiger charge is -2.22. The topological polar surface area (TPSA) is 71.8 Å². The SMILES string of the molecule is Cc1cc(C)c2c(c1)C(NNC(=O)c1ccc(CSc3nncn3C)cc1)=CCC2. The lowest BCUT2D eigenvalue weighted by molar-refractivity contribution is 0.0942. The zero-order valence-corrected chi connectivity index (χ0v) is 18.2. The number of nitrogens with zero attached hydrogens (tertiary/aromatic N) is 3. The largest absolute Gasteiger partial charge is 0.312 e. The van der Waals surface area contributed by atoms with Gasteiger partial charge >= 0.3 is 0 Å². The van der Waals surface area contributed by atoms with Crippen LogP contribution < -0.4 is 10.9 Å². The van der Waals surface area contributed by atoms with Crippen molar-refractivity contribution in [2.75, 3.05) is 0 Å². The molecule has 1 aliphatic rings. The predicted octanol–water partition coefficient (Wildman–Crippen LogP) is 3.95. The fourth-order valence-electron chi connectivity index (χ4n) is 3.66. The van der Waals surface area contributed by atoms with Crippen molar-refractivity contribution >= 4 is 23.4 Å². The molecule has 3 aromatic rings. The Labute approximate surface area is 180 Å². The number of aryl methyl sites for hydroxylation is 3. The lowest BCUT2D eigenvalue weighted by Crippen LogP contribution is -2.36. The second-order valence-corrected chi connectivity index (χ2v) is 8.50. The first-order valence-corrected chi connectivity index (χ1v) is 10.9. The molecule has 1 aromatic heterocycles. The van der Waals surface area contributed by atoms with E-state index >= 15 is 0 Å². The highest BCUT2D eigenvalue weighted by Crippen LogP contribution is 2.28. The molecule has 2 aromatic carbocycles. The van der Waals surface area contributed by atoms with Gasteiger partial charge in [-0.2, -0.15) is 0 Å². The molecule has 0 saturated carbocycles. The first-order chi connectivity index (χ1) is 14.5. The molecule has 154 valence electrons. The van der Waals surface area contributed by atoms with Gasteiger partial charge in [-0.05, 0) is 61.6 Å². The molecule has 0 spiro atoms. The van der Waals surface area contributed by atoms with E-state index in [1.54, 1.807) is 18.1 Å². The van der Waals surface area contributed by atoms with E-state index in [0.717, 1.165) is 35.0 Å². The van der Waals surface area contributed by atoms with E-state index in [1.807, 2.05) is 35.9 Å². The molecule has 0 aliphatic heterocycles. The van der Waals surface area contributed by atoms with Crippen LogP contribution in [0.5, 0.6) is 0 Å². The Morgan fingerprint density at radius 3 is 2.73 bits per heavy atom. The number of thioether (sulfide) groups is 1. The van der Waals surface area contributed by atoms with Gasteiger partial charge in [-0.25, -0.2) is 0 Å². The normalized spacial score (nSPS) is 12.8. The van der Waals surface area contributed by atoms with Gasteiger partial charge in [-0.3, -0.25) is 15.6 Å². The van der Waals surface area contributed by atoms with Crippen molar-refractivity contribution in [3.8, 4) is 0 Å². The van der Waals surface area contributed by atoms with Gasteiger partial charge in [-0.1, -0.05) is 41.6 Å². The Morgan fingerprint density at radius 1 is 1.20 bits per heavy atom. The quantitative estimate of drug-likeness (QED) is 0.468. The van der Waals surface area contributed by atoms with Crippen LogP contribution in [0.15, 0.2) is 54.0 Å². The summed E-state index contributed by atoms with van der Waals surface area (Å²) < 4.78 is 1.89. The zero-order chi connectivity index (χ0) is 21.1. The highest BCUT2D eigenvalue weighted by molar-refractivity contribution is 7.98. The van der Waals surface area contributed by atoms with Gasteiger partial charge in [-0.15, -0.1) is 10.2 Å². The number of hydrogen-bond donors (Lipinski definition) is 2. The summed E-state index contributed by atoms with van der Waals surface area (Å²) in [5.74, 6) is 0.620. The smallest absolute Gasteiger partial charge is 0.269 e. The van der Waals surface area contributed by atoms with Crippen LogP contribution in [0.2, 0.25) is 0 Å². The minimum atomic E-state index is -0.153. The molecule has 0 fully saturated rings.